The number of pyridine rings is 1. The molecule has 0 saturated carbocycles. The van der Waals surface area contributed by atoms with Crippen LogP contribution < -0.4 is 25.8 Å². The summed E-state index contributed by atoms with van der Waals surface area (Å²) in [5.41, 5.74) is 8.65. The van der Waals surface area contributed by atoms with Gasteiger partial charge in [0.25, 0.3) is 5.91 Å². The van der Waals surface area contributed by atoms with Crippen molar-refractivity contribution in [2.45, 2.75) is 6.54 Å². The van der Waals surface area contributed by atoms with Crippen LogP contribution in [-0.4, -0.2) is 91.2 Å². The summed E-state index contributed by atoms with van der Waals surface area (Å²) in [5.74, 6) is 0.928. The maximum absolute atomic E-state index is 13.4. The lowest BCUT2D eigenvalue weighted by molar-refractivity contribution is 0.102. The summed E-state index contributed by atoms with van der Waals surface area (Å²) < 4.78 is 11.3. The summed E-state index contributed by atoms with van der Waals surface area (Å²) in [6.07, 6.45) is 1.63. The monoisotopic (exact) mass is 545 g/mol. The molecular formula is C29H35N7O4. The maximum Gasteiger partial charge on any atom is 0.322 e. The molecule has 0 unspecified atom stereocenters. The number of nitrogens with one attached hydrogen (secondary N) is 2. The number of hydrogen-bond donors (Lipinski definition) is 3. The Kier molecular flexibility index (Phi) is 8.62. The van der Waals surface area contributed by atoms with Gasteiger partial charge >= 0.3 is 6.03 Å². The largest absolute Gasteiger partial charge is 0.486 e. The number of urea groups is 1. The molecule has 11 nitrogen and oxygen atoms in total. The highest BCUT2D eigenvalue weighted by molar-refractivity contribution is 6.04. The van der Waals surface area contributed by atoms with Crippen LogP contribution in [0.4, 0.5) is 21.9 Å². The summed E-state index contributed by atoms with van der Waals surface area (Å²) in [6.45, 7) is 6.55. The van der Waals surface area contributed by atoms with Crippen molar-refractivity contribution in [3.8, 4) is 11.5 Å². The van der Waals surface area contributed by atoms with Crippen molar-refractivity contribution in [1.29, 1.82) is 0 Å². The van der Waals surface area contributed by atoms with Crippen LogP contribution in [-0.2, 0) is 6.54 Å². The van der Waals surface area contributed by atoms with Gasteiger partial charge in [0.05, 0.1) is 11.4 Å². The Hall–Kier alpha value is -4.35. The maximum atomic E-state index is 13.4. The third-order valence-corrected chi connectivity index (χ3v) is 7.00. The van der Waals surface area contributed by atoms with E-state index in [-0.39, 0.29) is 17.6 Å². The topological polar surface area (TPSA) is 125 Å². The quantitative estimate of drug-likeness (QED) is 0.369. The highest BCUT2D eigenvalue weighted by Gasteiger charge is 2.20. The lowest BCUT2D eigenvalue weighted by Crippen LogP contribution is -2.48. The highest BCUT2D eigenvalue weighted by Crippen LogP contribution is 2.32. The van der Waals surface area contributed by atoms with E-state index < -0.39 is 0 Å². The minimum atomic E-state index is -0.354. The lowest BCUT2D eigenvalue weighted by atomic mass is 10.2. The Morgan fingerprint density at radius 2 is 1.75 bits per heavy atom. The molecule has 4 N–H and O–H groups in total. The number of nitrogens with zero attached hydrogens (tertiary/aromatic N) is 4. The summed E-state index contributed by atoms with van der Waals surface area (Å²) >= 11 is 0. The fraction of sp³-hybridized carbons (Fsp3) is 0.345. The Labute approximate surface area is 233 Å². The van der Waals surface area contributed by atoms with E-state index in [1.165, 1.54) is 0 Å². The van der Waals surface area contributed by atoms with Gasteiger partial charge in [0.1, 0.15) is 18.9 Å². The van der Waals surface area contributed by atoms with E-state index in [1.54, 1.807) is 59.6 Å². The van der Waals surface area contributed by atoms with Crippen molar-refractivity contribution in [1.82, 2.24) is 19.7 Å². The van der Waals surface area contributed by atoms with Gasteiger partial charge in [-0.25, -0.2) is 4.79 Å². The minimum Gasteiger partial charge on any atom is -0.486 e. The second kappa shape index (κ2) is 12.7. The number of carbonyl (C=O) groups is 2. The van der Waals surface area contributed by atoms with Gasteiger partial charge in [-0.2, -0.15) is 0 Å². The molecule has 2 aliphatic heterocycles. The number of likely N-dealkylation sites (N-methyl/N-ethyl adjacent to an activating group) is 1. The van der Waals surface area contributed by atoms with Crippen LogP contribution in [0.3, 0.4) is 0 Å². The summed E-state index contributed by atoms with van der Waals surface area (Å²) in [6, 6.07) is 15.7. The average molecular weight is 546 g/mol. The smallest absolute Gasteiger partial charge is 0.322 e. The van der Waals surface area contributed by atoms with Crippen molar-refractivity contribution in [3.63, 3.8) is 0 Å². The predicted molar refractivity (Wildman–Crippen MR) is 154 cm³/mol. The van der Waals surface area contributed by atoms with Crippen LogP contribution in [0.2, 0.25) is 0 Å². The number of ether oxygens (including phenoxy) is 2. The molecule has 2 aromatic carbocycles. The van der Waals surface area contributed by atoms with Gasteiger partial charge in [-0.1, -0.05) is 18.2 Å². The van der Waals surface area contributed by atoms with E-state index in [2.05, 4.69) is 32.5 Å². The van der Waals surface area contributed by atoms with Gasteiger partial charge in [-0.3, -0.25) is 14.7 Å². The van der Waals surface area contributed by atoms with E-state index in [9.17, 15) is 9.59 Å². The fourth-order valence-corrected chi connectivity index (χ4v) is 4.58. The van der Waals surface area contributed by atoms with Crippen LogP contribution >= 0.6 is 0 Å². The highest BCUT2D eigenvalue weighted by atomic mass is 16.6. The molecule has 3 amide bonds. The molecule has 0 spiro atoms. The standard InChI is InChI=1S/C29H35N7O4/c1-34-10-12-35(13-11-34)14-15-36(29(38)32-22-7-9-26-27(18-22)40-17-16-39-26)20-21-6-8-25(31-19-21)28(37)33-24-5-3-2-4-23(24)30/h2-9,18-19H,10-17,20,30H2,1H3,(H,32,38)(H,33,37). The molecule has 0 atom stereocenters. The predicted octanol–water partition coefficient (Wildman–Crippen LogP) is 2.97. The number of nitrogen functional groups attached to an aromatic ring is 1. The summed E-state index contributed by atoms with van der Waals surface area (Å²) in [4.78, 5) is 36.9. The van der Waals surface area contributed by atoms with Crippen molar-refractivity contribution < 1.29 is 19.1 Å². The van der Waals surface area contributed by atoms with E-state index in [4.69, 9.17) is 15.2 Å². The molecule has 11 heteroatoms. The van der Waals surface area contributed by atoms with Gasteiger partial charge in [0, 0.05) is 63.8 Å². The van der Waals surface area contributed by atoms with Crippen LogP contribution in [0.5, 0.6) is 11.5 Å². The van der Waals surface area contributed by atoms with Crippen LogP contribution in [0.15, 0.2) is 60.8 Å². The van der Waals surface area contributed by atoms with Crippen LogP contribution in [0, 0.1) is 0 Å². The molecule has 0 aliphatic carbocycles. The zero-order chi connectivity index (χ0) is 27.9. The number of hydrogen-bond acceptors (Lipinski definition) is 8. The number of amides is 3. The molecule has 3 heterocycles. The number of piperazine rings is 1. The number of para-hydroxylation sites is 2. The molecule has 3 aromatic rings. The zero-order valence-electron chi connectivity index (χ0n) is 22.6. The second-order valence-electron chi connectivity index (χ2n) is 9.95. The Bertz CT molecular complexity index is 1330. The number of aromatic nitrogens is 1. The van der Waals surface area contributed by atoms with Crippen LogP contribution in [0.1, 0.15) is 16.1 Å². The summed E-state index contributed by atoms with van der Waals surface area (Å²) in [5, 5.41) is 5.78. The number of carbonyl (C=O) groups excluding carboxylic acids is 2. The number of fused-ring (bicyclic) bond motifs is 1. The molecule has 5 rings (SSSR count). The number of anilines is 3. The van der Waals surface area contributed by atoms with Gasteiger partial charge in [-0.05, 0) is 42.9 Å². The third-order valence-electron chi connectivity index (χ3n) is 7.00. The van der Waals surface area contributed by atoms with Gasteiger partial charge < -0.3 is 35.6 Å². The Morgan fingerprint density at radius 3 is 2.50 bits per heavy atom. The van der Waals surface area contributed by atoms with Crippen molar-refractivity contribution in [2.75, 3.05) is 75.9 Å². The SMILES string of the molecule is CN1CCN(CCN(Cc2ccc(C(=O)Nc3ccccc3N)nc2)C(=O)Nc2ccc3c(c2)OCCO3)CC1. The summed E-state index contributed by atoms with van der Waals surface area (Å²) in [7, 11) is 2.12. The van der Waals surface area contributed by atoms with E-state index in [0.29, 0.717) is 54.9 Å². The molecular weight excluding hydrogens is 510 g/mol. The van der Waals surface area contributed by atoms with Gasteiger partial charge in [-0.15, -0.1) is 0 Å². The minimum absolute atomic E-state index is 0.229. The molecule has 1 saturated heterocycles. The Balaban J connectivity index is 1.25. The van der Waals surface area contributed by atoms with Crippen molar-refractivity contribution in [2.24, 2.45) is 0 Å². The molecule has 2 aliphatic rings. The molecule has 40 heavy (non-hydrogen) atoms. The van der Waals surface area contributed by atoms with Gasteiger partial charge in [0.2, 0.25) is 0 Å². The number of rotatable bonds is 8. The van der Waals surface area contributed by atoms with E-state index in [0.717, 1.165) is 38.3 Å². The molecule has 1 fully saturated rings. The molecule has 210 valence electrons. The Morgan fingerprint density at radius 1 is 0.975 bits per heavy atom. The zero-order valence-corrected chi connectivity index (χ0v) is 22.6. The van der Waals surface area contributed by atoms with Crippen molar-refractivity contribution in [3.05, 3.63) is 72.1 Å². The lowest BCUT2D eigenvalue weighted by Gasteiger charge is -2.34. The first-order valence-electron chi connectivity index (χ1n) is 13.4. The molecule has 0 radical (unpaired) electrons. The second-order valence-corrected chi connectivity index (χ2v) is 9.95. The number of nitrogens with two attached hydrogens (primary N) is 1. The molecule has 0 bridgehead atoms. The first-order chi connectivity index (χ1) is 19.4. The molecule has 1 aromatic heterocycles. The first-order valence-corrected chi connectivity index (χ1v) is 13.4. The average Bonchev–Trinajstić information content (AvgIpc) is 2.97. The fourth-order valence-electron chi connectivity index (χ4n) is 4.58. The van der Waals surface area contributed by atoms with E-state index >= 15 is 0 Å². The normalized spacial score (nSPS) is 15.3. The first kappa shape index (κ1) is 27.2. The van der Waals surface area contributed by atoms with Crippen molar-refractivity contribution >= 4 is 29.0 Å². The third kappa shape index (κ3) is 6.99. The van der Waals surface area contributed by atoms with Crippen LogP contribution in [0.25, 0.3) is 0 Å². The van der Waals surface area contributed by atoms with Gasteiger partial charge in [0.15, 0.2) is 11.5 Å². The van der Waals surface area contributed by atoms with E-state index in [1.807, 2.05) is 6.07 Å². The number of benzene rings is 2.